The van der Waals surface area contributed by atoms with E-state index in [1.54, 1.807) is 12.1 Å². The van der Waals surface area contributed by atoms with Gasteiger partial charge in [-0.15, -0.1) is 6.58 Å². The normalized spacial score (nSPS) is 17.1. The highest BCUT2D eigenvalue weighted by Gasteiger charge is 2.34. The number of benzene rings is 1. The smallest absolute Gasteiger partial charge is 0.293 e. The van der Waals surface area contributed by atoms with Gasteiger partial charge in [-0.1, -0.05) is 22.0 Å². The van der Waals surface area contributed by atoms with E-state index >= 15 is 0 Å². The number of rotatable bonds is 3. The molecule has 0 atom stereocenters. The summed E-state index contributed by atoms with van der Waals surface area (Å²) in [7, 11) is 0. The van der Waals surface area contributed by atoms with Crippen LogP contribution in [0.3, 0.4) is 0 Å². The van der Waals surface area contributed by atoms with Crippen LogP contribution in [0.5, 0.6) is 5.75 Å². The molecule has 1 aromatic carbocycles. The minimum atomic E-state index is -0.366. The number of hydrogen-bond donors (Lipinski definition) is 1. The fourth-order valence-corrected chi connectivity index (χ4v) is 4.01. The molecule has 2 amide bonds. The van der Waals surface area contributed by atoms with Crippen molar-refractivity contribution in [1.82, 2.24) is 4.90 Å². The van der Waals surface area contributed by atoms with Gasteiger partial charge in [0.05, 0.1) is 8.48 Å². The third kappa shape index (κ3) is 3.09. The van der Waals surface area contributed by atoms with Gasteiger partial charge in [-0.2, -0.15) is 0 Å². The molecule has 1 saturated heterocycles. The van der Waals surface area contributed by atoms with Crippen LogP contribution in [0.1, 0.15) is 5.56 Å². The third-order valence-corrected chi connectivity index (χ3v) is 4.72. The van der Waals surface area contributed by atoms with Gasteiger partial charge in [0.15, 0.2) is 0 Å². The molecular formula is C13H9BrINO3S. The number of amides is 2. The van der Waals surface area contributed by atoms with Crippen molar-refractivity contribution >= 4 is 67.5 Å². The second kappa shape index (κ2) is 6.31. The first kappa shape index (κ1) is 15.6. The van der Waals surface area contributed by atoms with Crippen molar-refractivity contribution in [2.75, 3.05) is 6.54 Å². The summed E-state index contributed by atoms with van der Waals surface area (Å²) in [6.45, 7) is 3.70. The predicted octanol–water partition coefficient (Wildman–Crippen LogP) is 3.98. The second-order valence-electron chi connectivity index (χ2n) is 3.91. The molecule has 0 unspecified atom stereocenters. The maximum Gasteiger partial charge on any atom is 0.293 e. The lowest BCUT2D eigenvalue weighted by Crippen LogP contribution is -2.27. The zero-order chi connectivity index (χ0) is 14.9. The van der Waals surface area contributed by atoms with E-state index in [4.69, 9.17) is 0 Å². The molecule has 4 nitrogen and oxygen atoms in total. The first-order valence-corrected chi connectivity index (χ1v) is 8.17. The Morgan fingerprint density at radius 2 is 2.15 bits per heavy atom. The second-order valence-corrected chi connectivity index (χ2v) is 6.98. The first-order chi connectivity index (χ1) is 9.43. The van der Waals surface area contributed by atoms with E-state index in [-0.39, 0.29) is 23.4 Å². The number of nitrogens with zero attached hydrogens (tertiary/aromatic N) is 1. The molecule has 0 aromatic heterocycles. The Balaban J connectivity index is 2.40. The van der Waals surface area contributed by atoms with Gasteiger partial charge in [-0.05, 0) is 52.6 Å². The van der Waals surface area contributed by atoms with Gasteiger partial charge in [0.25, 0.3) is 11.1 Å². The summed E-state index contributed by atoms with van der Waals surface area (Å²) in [5, 5.41) is 9.67. The summed E-state index contributed by atoms with van der Waals surface area (Å²) < 4.78 is 1.45. The molecule has 1 aliphatic rings. The summed E-state index contributed by atoms with van der Waals surface area (Å²) in [5.74, 6) is -0.279. The molecule has 7 heteroatoms. The molecule has 0 spiro atoms. The summed E-state index contributed by atoms with van der Waals surface area (Å²) >= 11 is 6.19. The molecule has 1 aliphatic heterocycles. The fourth-order valence-electron chi connectivity index (χ4n) is 1.62. The molecule has 0 bridgehead atoms. The van der Waals surface area contributed by atoms with Crippen LogP contribution in [0.4, 0.5) is 4.79 Å². The number of imide groups is 1. The molecule has 2 rings (SSSR count). The standard InChI is InChI=1S/C13H9BrINO3S/c1-2-3-16-12(18)10(20-13(16)19)5-7-4-8(14)6-9(15)11(7)17/h2,4-6,17H,1,3H2/b10-5-. The van der Waals surface area contributed by atoms with Crippen LogP contribution in [-0.4, -0.2) is 27.7 Å². The van der Waals surface area contributed by atoms with Crippen LogP contribution in [0.15, 0.2) is 34.2 Å². The maximum absolute atomic E-state index is 12.1. The van der Waals surface area contributed by atoms with Crippen molar-refractivity contribution in [3.05, 3.63) is 43.3 Å². The van der Waals surface area contributed by atoms with E-state index in [9.17, 15) is 14.7 Å². The monoisotopic (exact) mass is 465 g/mol. The third-order valence-electron chi connectivity index (χ3n) is 2.53. The number of carbonyl (C=O) groups is 2. The van der Waals surface area contributed by atoms with Crippen molar-refractivity contribution in [3.63, 3.8) is 0 Å². The van der Waals surface area contributed by atoms with Crippen molar-refractivity contribution in [2.45, 2.75) is 0 Å². The van der Waals surface area contributed by atoms with Gasteiger partial charge in [0.1, 0.15) is 5.75 Å². The van der Waals surface area contributed by atoms with Crippen LogP contribution in [0.2, 0.25) is 0 Å². The zero-order valence-corrected chi connectivity index (χ0v) is 14.7. The Morgan fingerprint density at radius 1 is 1.45 bits per heavy atom. The lowest BCUT2D eigenvalue weighted by atomic mass is 10.2. The first-order valence-electron chi connectivity index (χ1n) is 5.48. The van der Waals surface area contributed by atoms with Gasteiger partial charge >= 0.3 is 0 Å². The Bertz CT molecular complexity index is 645. The molecule has 1 N–H and O–H groups in total. The largest absolute Gasteiger partial charge is 0.506 e. The van der Waals surface area contributed by atoms with Gasteiger partial charge in [-0.25, -0.2) is 0 Å². The number of hydrogen-bond acceptors (Lipinski definition) is 4. The molecule has 0 saturated carbocycles. The van der Waals surface area contributed by atoms with Gasteiger partial charge in [-0.3, -0.25) is 14.5 Å². The Kier molecular flexibility index (Phi) is 4.92. The number of phenols is 1. The lowest BCUT2D eigenvalue weighted by Gasteiger charge is -2.08. The molecule has 0 radical (unpaired) electrons. The van der Waals surface area contributed by atoms with E-state index in [0.29, 0.717) is 14.0 Å². The minimum Gasteiger partial charge on any atom is -0.506 e. The highest BCUT2D eigenvalue weighted by molar-refractivity contribution is 14.1. The molecule has 1 aromatic rings. The highest BCUT2D eigenvalue weighted by Crippen LogP contribution is 2.36. The Hall–Kier alpha value is -0.800. The van der Waals surface area contributed by atoms with E-state index < -0.39 is 0 Å². The quantitative estimate of drug-likeness (QED) is 0.416. The molecule has 1 fully saturated rings. The number of phenolic OH excluding ortho intramolecular Hbond substituents is 1. The van der Waals surface area contributed by atoms with Gasteiger partial charge in [0.2, 0.25) is 0 Å². The van der Waals surface area contributed by atoms with Crippen LogP contribution >= 0.6 is 50.3 Å². The zero-order valence-electron chi connectivity index (χ0n) is 10.1. The SMILES string of the molecule is C=CCN1C(=O)S/C(=C\c2cc(Br)cc(I)c2O)C1=O. The van der Waals surface area contributed by atoms with E-state index in [0.717, 1.165) is 21.1 Å². The maximum atomic E-state index is 12.1. The van der Waals surface area contributed by atoms with E-state index in [2.05, 4.69) is 22.5 Å². The van der Waals surface area contributed by atoms with Crippen LogP contribution in [-0.2, 0) is 4.79 Å². The van der Waals surface area contributed by atoms with Crippen molar-refractivity contribution < 1.29 is 14.7 Å². The average Bonchev–Trinajstić information content (AvgIpc) is 2.63. The Labute approximate surface area is 142 Å². The van der Waals surface area contributed by atoms with Crippen molar-refractivity contribution in [1.29, 1.82) is 0 Å². The molecule has 20 heavy (non-hydrogen) atoms. The van der Waals surface area contributed by atoms with Crippen LogP contribution in [0, 0.1) is 3.57 Å². The minimum absolute atomic E-state index is 0.0873. The topological polar surface area (TPSA) is 57.6 Å². The summed E-state index contributed by atoms with van der Waals surface area (Å²) in [4.78, 5) is 25.2. The average molecular weight is 466 g/mol. The van der Waals surface area contributed by atoms with Crippen LogP contribution in [0.25, 0.3) is 6.08 Å². The van der Waals surface area contributed by atoms with Gasteiger partial charge in [0, 0.05) is 16.6 Å². The molecule has 1 heterocycles. The summed E-state index contributed by atoms with van der Waals surface area (Å²) in [6.07, 6.45) is 3.02. The van der Waals surface area contributed by atoms with Gasteiger partial charge < -0.3 is 5.11 Å². The predicted molar refractivity (Wildman–Crippen MR) is 91.4 cm³/mol. The molecule has 104 valence electrons. The number of carbonyl (C=O) groups excluding carboxylic acids is 2. The van der Waals surface area contributed by atoms with Crippen molar-refractivity contribution in [2.24, 2.45) is 0 Å². The lowest BCUT2D eigenvalue weighted by molar-refractivity contribution is -0.122. The molecule has 0 aliphatic carbocycles. The fraction of sp³-hybridized carbons (Fsp3) is 0.0769. The number of aromatic hydroxyl groups is 1. The summed E-state index contributed by atoms with van der Waals surface area (Å²) in [5.41, 5.74) is 0.493. The highest BCUT2D eigenvalue weighted by atomic mass is 127. The molecular weight excluding hydrogens is 457 g/mol. The van der Waals surface area contributed by atoms with E-state index in [1.807, 2.05) is 22.6 Å². The van der Waals surface area contributed by atoms with E-state index in [1.165, 1.54) is 12.2 Å². The number of halogens is 2. The Morgan fingerprint density at radius 3 is 2.80 bits per heavy atom. The van der Waals surface area contributed by atoms with Crippen molar-refractivity contribution in [3.8, 4) is 5.75 Å². The number of thioether (sulfide) groups is 1. The van der Waals surface area contributed by atoms with Crippen LogP contribution < -0.4 is 0 Å². The summed E-state index contributed by atoms with van der Waals surface area (Å²) in [6, 6.07) is 3.45.